The molecule has 580 valence electrons. The van der Waals surface area contributed by atoms with Gasteiger partial charge in [-0.1, -0.05) is 388 Å². The fourth-order valence-corrected chi connectivity index (χ4v) is 18.0. The Morgan fingerprint density at radius 2 is 0.581 bits per heavy atom. The van der Waals surface area contributed by atoms with Gasteiger partial charge in [-0.25, -0.2) is 29.0 Å². The van der Waals surface area contributed by atoms with Crippen LogP contribution in [0.4, 0.5) is 0 Å². The van der Waals surface area contributed by atoms with Gasteiger partial charge in [-0.05, 0) is 82.1 Å². The highest BCUT2D eigenvalue weighted by molar-refractivity contribution is 6.16. The number of benzene rings is 16. The summed E-state index contributed by atoms with van der Waals surface area (Å²) in [7, 11) is 0. The van der Waals surface area contributed by atoms with Gasteiger partial charge in [-0.3, -0.25) is 0 Å². The minimum Gasteiger partial charge on any atom is -0.455 e. The molecule has 0 bridgehead atoms. The van der Waals surface area contributed by atoms with E-state index in [4.69, 9.17) is 34.6 Å². The monoisotopic (exact) mass is 1580 g/mol. The molecule has 0 unspecified atom stereocenters. The van der Waals surface area contributed by atoms with Crippen molar-refractivity contribution in [2.75, 3.05) is 0 Å². The van der Waals surface area contributed by atoms with Crippen molar-refractivity contribution >= 4 is 76.3 Å². The van der Waals surface area contributed by atoms with Crippen LogP contribution in [0.1, 0.15) is 0 Å². The number of hydrogen-bond donors (Lipinski definition) is 0. The number of aromatic nitrogens is 9. The highest BCUT2D eigenvalue weighted by Crippen LogP contribution is 2.47. The van der Waals surface area contributed by atoms with Crippen molar-refractivity contribution in [3.63, 3.8) is 0 Å². The molecule has 0 aliphatic rings. The SMILES string of the molecule is c1ccc(-c2cc(-c3ccc(-c4nn5c(-c6ccccc6)cc6ccccc6c5c4-c4ccccc4)cc3)nc(-c3ccc(-c4cccc5c4oc4ccccc45)cc3)n2)cc1.c1ccc(-c2cc(-c3ccc(-c4nn5c(-c6ccccc6)cc6ccccc6c5c4-c4ccccc4)cc3)nc(-c3cccc4c3c3ccccc3n4-c3ccccc3)n2)cc1. The molecule has 0 aliphatic heterocycles. The first-order valence-electron chi connectivity index (χ1n) is 41.8. The van der Waals surface area contributed by atoms with Crippen LogP contribution < -0.4 is 0 Å². The molecule has 24 aromatic rings. The van der Waals surface area contributed by atoms with Gasteiger partial charge >= 0.3 is 0 Å². The van der Waals surface area contributed by atoms with E-state index in [1.54, 1.807) is 0 Å². The number of furan rings is 1. The molecular formula is C114H73N9O. The molecule has 0 aliphatic carbocycles. The predicted molar refractivity (Wildman–Crippen MR) is 509 cm³/mol. The van der Waals surface area contributed by atoms with Gasteiger partial charge in [0.1, 0.15) is 22.6 Å². The molecule has 0 amide bonds. The number of nitrogens with zero attached hydrogens (tertiary/aromatic N) is 9. The van der Waals surface area contributed by atoms with E-state index >= 15 is 0 Å². The number of hydrogen-bond acceptors (Lipinski definition) is 7. The van der Waals surface area contributed by atoms with Crippen LogP contribution in [0.3, 0.4) is 0 Å². The summed E-state index contributed by atoms with van der Waals surface area (Å²) >= 11 is 0. The van der Waals surface area contributed by atoms with Crippen LogP contribution in [0.15, 0.2) is 447 Å². The number of fused-ring (bicyclic) bond motifs is 12. The third kappa shape index (κ3) is 12.9. The molecule has 16 aromatic carbocycles. The number of pyridine rings is 2. The molecule has 10 heteroatoms. The second-order valence-electron chi connectivity index (χ2n) is 31.2. The van der Waals surface area contributed by atoms with Crippen LogP contribution in [0.5, 0.6) is 0 Å². The van der Waals surface area contributed by atoms with E-state index in [1.807, 2.05) is 36.4 Å². The van der Waals surface area contributed by atoms with Crippen LogP contribution in [0.2, 0.25) is 0 Å². The van der Waals surface area contributed by atoms with Gasteiger partial charge in [0.15, 0.2) is 11.6 Å². The van der Waals surface area contributed by atoms with Gasteiger partial charge < -0.3 is 8.98 Å². The van der Waals surface area contributed by atoms with E-state index < -0.39 is 0 Å². The second kappa shape index (κ2) is 30.8. The average molecular weight is 1580 g/mol. The molecule has 10 nitrogen and oxygen atoms in total. The lowest BCUT2D eigenvalue weighted by molar-refractivity contribution is 0.670. The lowest BCUT2D eigenvalue weighted by atomic mass is 9.96. The molecule has 0 fully saturated rings. The summed E-state index contributed by atoms with van der Waals surface area (Å²) in [6.45, 7) is 0. The Hall–Kier alpha value is -16.8. The van der Waals surface area contributed by atoms with Gasteiger partial charge in [-0.15, -0.1) is 0 Å². The van der Waals surface area contributed by atoms with E-state index in [-0.39, 0.29) is 0 Å². The van der Waals surface area contributed by atoms with Crippen molar-refractivity contribution in [1.29, 1.82) is 0 Å². The molecule has 8 heterocycles. The Balaban J connectivity index is 0.000000143. The molecule has 0 saturated carbocycles. The molecule has 0 radical (unpaired) electrons. The molecule has 124 heavy (non-hydrogen) atoms. The van der Waals surface area contributed by atoms with Crippen LogP contribution in [0, 0.1) is 0 Å². The zero-order chi connectivity index (χ0) is 82.0. The highest BCUT2D eigenvalue weighted by atomic mass is 16.3. The topological polar surface area (TPSA) is 104 Å². The fourth-order valence-electron chi connectivity index (χ4n) is 18.0. The number of rotatable bonds is 14. The van der Waals surface area contributed by atoms with Gasteiger partial charge in [0, 0.05) is 110 Å². The van der Waals surface area contributed by atoms with Crippen LogP contribution >= 0.6 is 0 Å². The lowest BCUT2D eigenvalue weighted by Gasteiger charge is -2.12. The molecule has 0 spiro atoms. The Labute approximate surface area is 714 Å². The van der Waals surface area contributed by atoms with Crippen LogP contribution in [-0.2, 0) is 0 Å². The van der Waals surface area contributed by atoms with Gasteiger partial charge in [-0.2, -0.15) is 10.2 Å². The zero-order valence-electron chi connectivity index (χ0n) is 67.1. The lowest BCUT2D eigenvalue weighted by Crippen LogP contribution is -1.97. The van der Waals surface area contributed by atoms with E-state index in [0.29, 0.717) is 11.6 Å². The standard InChI is InChI=1S/C57H37N5.C57H36N4O/c1-5-18-38(19-6-1)48-37-49(59-57(58-48)47-29-17-31-51-54(47)46-28-15-16-30-50(46)61(51)44-25-11-4-12-26-44)39-32-34-42(35-33-39)55-53(41-22-9-3-10-23-41)56-45-27-14-13-24-43(45)36-52(62(56)60-55)40-20-7-2-8-21-40;1-4-15-38(16-5-1)49-36-50(59-57(58-49)43-33-27-37(28-34-43)46-24-14-25-48-47-23-12-13-26-52(47)62-56(46)48)39-29-31-42(32-30-39)54-53(41-19-8-3-9-20-41)55-45-22-11-10-21-44(45)35-51(61(55)60-54)40-17-6-2-7-18-40/h1-37H;1-36H. The molecule has 0 N–H and O–H groups in total. The van der Waals surface area contributed by atoms with Crippen molar-refractivity contribution in [1.82, 2.24) is 43.7 Å². The maximum atomic E-state index is 6.37. The highest BCUT2D eigenvalue weighted by Gasteiger charge is 2.27. The molecule has 0 atom stereocenters. The quantitative estimate of drug-likeness (QED) is 0.107. The Kier molecular flexibility index (Phi) is 18.0. The Morgan fingerprint density at radius 1 is 0.226 bits per heavy atom. The van der Waals surface area contributed by atoms with Gasteiger partial charge in [0.25, 0.3) is 0 Å². The first-order chi connectivity index (χ1) is 61.5. The fraction of sp³-hybridized carbons (Fsp3) is 0. The van der Waals surface area contributed by atoms with E-state index in [0.717, 1.165) is 206 Å². The maximum Gasteiger partial charge on any atom is 0.161 e. The van der Waals surface area contributed by atoms with Crippen molar-refractivity contribution in [3.05, 3.63) is 443 Å². The van der Waals surface area contributed by atoms with E-state index in [1.165, 1.54) is 10.8 Å². The number of para-hydroxylation sites is 4. The smallest absolute Gasteiger partial charge is 0.161 e. The molecule has 0 saturated heterocycles. The summed E-state index contributed by atoms with van der Waals surface area (Å²) in [6, 6.07) is 155. The van der Waals surface area contributed by atoms with Crippen molar-refractivity contribution < 1.29 is 4.42 Å². The maximum absolute atomic E-state index is 6.37. The van der Waals surface area contributed by atoms with Crippen molar-refractivity contribution in [2.24, 2.45) is 0 Å². The zero-order valence-corrected chi connectivity index (χ0v) is 67.1. The Morgan fingerprint density at radius 3 is 1.08 bits per heavy atom. The third-order valence-electron chi connectivity index (χ3n) is 23.8. The average Bonchev–Trinajstić information content (AvgIpc) is 1.58. The summed E-state index contributed by atoms with van der Waals surface area (Å²) in [6.07, 6.45) is 0. The molecule has 8 aromatic heterocycles. The van der Waals surface area contributed by atoms with Crippen LogP contribution in [0.25, 0.3) is 228 Å². The third-order valence-corrected chi connectivity index (χ3v) is 23.8. The second-order valence-corrected chi connectivity index (χ2v) is 31.2. The summed E-state index contributed by atoms with van der Waals surface area (Å²) < 4.78 is 13.0. The Bertz CT molecular complexity index is 8160. The summed E-state index contributed by atoms with van der Waals surface area (Å²) in [5, 5.41) is 20.1. The van der Waals surface area contributed by atoms with Gasteiger partial charge in [0.2, 0.25) is 0 Å². The first-order valence-corrected chi connectivity index (χ1v) is 41.8. The largest absolute Gasteiger partial charge is 0.455 e. The molecular weight excluding hydrogens is 1510 g/mol. The summed E-state index contributed by atoms with van der Waals surface area (Å²) in [4.78, 5) is 21.0. The summed E-state index contributed by atoms with van der Waals surface area (Å²) in [5.74, 6) is 1.34. The van der Waals surface area contributed by atoms with E-state index in [9.17, 15) is 0 Å². The minimum absolute atomic E-state index is 0.658. The van der Waals surface area contributed by atoms with E-state index in [2.05, 4.69) is 420 Å². The van der Waals surface area contributed by atoms with Crippen molar-refractivity contribution in [2.45, 2.75) is 0 Å². The van der Waals surface area contributed by atoms with Gasteiger partial charge in [0.05, 0.1) is 56.2 Å². The van der Waals surface area contributed by atoms with Crippen LogP contribution in [-0.4, -0.2) is 43.7 Å². The van der Waals surface area contributed by atoms with Crippen molar-refractivity contribution in [3.8, 4) is 152 Å². The minimum atomic E-state index is 0.658. The first kappa shape index (κ1) is 72.4. The predicted octanol–water partition coefficient (Wildman–Crippen LogP) is 29.2. The molecule has 24 rings (SSSR count). The normalized spacial score (nSPS) is 11.5. The summed E-state index contributed by atoms with van der Waals surface area (Å²) in [5.41, 5.74) is 31.4.